The van der Waals surface area contributed by atoms with Crippen LogP contribution in [0.4, 0.5) is 0 Å². The van der Waals surface area contributed by atoms with Crippen LogP contribution in [0.15, 0.2) is 0 Å². The fourth-order valence-electron chi connectivity index (χ4n) is 1.85. The summed E-state index contributed by atoms with van der Waals surface area (Å²) in [5, 5.41) is 0. The van der Waals surface area contributed by atoms with E-state index in [1.54, 1.807) is 0 Å². The highest BCUT2D eigenvalue weighted by molar-refractivity contribution is 4.78. The van der Waals surface area contributed by atoms with E-state index < -0.39 is 0 Å². The SMILES string of the molecule is C[C@H]1CCN(C[C@@H](C)C(C)(C)C)C1. The Bertz CT molecular complexity index is 157. The Hall–Kier alpha value is -0.0400. The average molecular weight is 183 g/mol. The van der Waals surface area contributed by atoms with Crippen LogP contribution in [0.5, 0.6) is 0 Å². The topological polar surface area (TPSA) is 3.24 Å². The van der Waals surface area contributed by atoms with Gasteiger partial charge in [-0.3, -0.25) is 0 Å². The Labute approximate surface area is 83.5 Å². The zero-order valence-corrected chi connectivity index (χ0v) is 9.93. The molecule has 1 aliphatic heterocycles. The summed E-state index contributed by atoms with van der Waals surface area (Å²) in [5.74, 6) is 1.73. The monoisotopic (exact) mass is 183 g/mol. The lowest BCUT2D eigenvalue weighted by Gasteiger charge is -2.31. The van der Waals surface area contributed by atoms with Gasteiger partial charge in [-0.15, -0.1) is 0 Å². The molecule has 0 aromatic carbocycles. The molecule has 1 rings (SSSR count). The van der Waals surface area contributed by atoms with Crippen molar-refractivity contribution in [3.63, 3.8) is 0 Å². The maximum atomic E-state index is 2.63. The zero-order valence-electron chi connectivity index (χ0n) is 9.93. The molecule has 0 bridgehead atoms. The van der Waals surface area contributed by atoms with E-state index in [4.69, 9.17) is 0 Å². The summed E-state index contributed by atoms with van der Waals surface area (Å²) in [6.45, 7) is 15.7. The summed E-state index contributed by atoms with van der Waals surface area (Å²) >= 11 is 0. The molecule has 78 valence electrons. The molecule has 0 amide bonds. The van der Waals surface area contributed by atoms with Gasteiger partial charge in [0, 0.05) is 13.1 Å². The molecule has 13 heavy (non-hydrogen) atoms. The van der Waals surface area contributed by atoms with E-state index in [0.717, 1.165) is 11.8 Å². The van der Waals surface area contributed by atoms with E-state index >= 15 is 0 Å². The van der Waals surface area contributed by atoms with E-state index in [1.165, 1.54) is 26.1 Å². The van der Waals surface area contributed by atoms with Gasteiger partial charge < -0.3 is 4.90 Å². The number of hydrogen-bond donors (Lipinski definition) is 0. The molecule has 1 heterocycles. The predicted octanol–water partition coefficient (Wildman–Crippen LogP) is 3.01. The van der Waals surface area contributed by atoms with Crippen molar-refractivity contribution in [1.82, 2.24) is 4.90 Å². The van der Waals surface area contributed by atoms with Gasteiger partial charge in [0.1, 0.15) is 0 Å². The van der Waals surface area contributed by atoms with Crippen LogP contribution >= 0.6 is 0 Å². The molecule has 0 N–H and O–H groups in total. The largest absolute Gasteiger partial charge is 0.303 e. The van der Waals surface area contributed by atoms with Gasteiger partial charge in [0.2, 0.25) is 0 Å². The van der Waals surface area contributed by atoms with Gasteiger partial charge in [-0.2, -0.15) is 0 Å². The predicted molar refractivity (Wildman–Crippen MR) is 58.8 cm³/mol. The molecule has 0 aliphatic carbocycles. The lowest BCUT2D eigenvalue weighted by Crippen LogP contribution is -2.32. The minimum Gasteiger partial charge on any atom is -0.303 e. The molecule has 1 aliphatic rings. The van der Waals surface area contributed by atoms with Crippen molar-refractivity contribution in [2.45, 2.75) is 41.0 Å². The first-order valence-corrected chi connectivity index (χ1v) is 5.62. The standard InChI is InChI=1S/C12H25N/c1-10-6-7-13(8-10)9-11(2)12(3,4)5/h10-11H,6-9H2,1-5H3/t10-,11+/m0/s1. The summed E-state index contributed by atoms with van der Waals surface area (Å²) < 4.78 is 0. The summed E-state index contributed by atoms with van der Waals surface area (Å²) in [7, 11) is 0. The van der Waals surface area contributed by atoms with Gasteiger partial charge in [-0.1, -0.05) is 34.6 Å². The minimum absolute atomic E-state index is 0.464. The molecule has 0 unspecified atom stereocenters. The molecule has 1 heteroatoms. The van der Waals surface area contributed by atoms with Gasteiger partial charge >= 0.3 is 0 Å². The van der Waals surface area contributed by atoms with Crippen LogP contribution in [-0.2, 0) is 0 Å². The van der Waals surface area contributed by atoms with Crippen LogP contribution in [-0.4, -0.2) is 24.5 Å². The highest BCUT2D eigenvalue weighted by atomic mass is 15.1. The van der Waals surface area contributed by atoms with Crippen molar-refractivity contribution < 1.29 is 0 Å². The van der Waals surface area contributed by atoms with Crippen LogP contribution in [0.1, 0.15) is 41.0 Å². The lowest BCUT2D eigenvalue weighted by molar-refractivity contribution is 0.180. The second kappa shape index (κ2) is 4.00. The van der Waals surface area contributed by atoms with E-state index in [2.05, 4.69) is 39.5 Å². The van der Waals surface area contributed by atoms with Crippen molar-refractivity contribution in [3.8, 4) is 0 Å². The van der Waals surface area contributed by atoms with Crippen LogP contribution in [0.25, 0.3) is 0 Å². The van der Waals surface area contributed by atoms with Gasteiger partial charge in [-0.25, -0.2) is 0 Å². The molecule has 1 saturated heterocycles. The maximum absolute atomic E-state index is 2.63. The van der Waals surface area contributed by atoms with Crippen LogP contribution in [0, 0.1) is 17.3 Å². The van der Waals surface area contributed by atoms with Crippen molar-refractivity contribution in [2.24, 2.45) is 17.3 Å². The van der Waals surface area contributed by atoms with E-state index in [9.17, 15) is 0 Å². The number of hydrogen-bond acceptors (Lipinski definition) is 1. The highest BCUT2D eigenvalue weighted by Crippen LogP contribution is 2.27. The van der Waals surface area contributed by atoms with Crippen LogP contribution in [0.2, 0.25) is 0 Å². The maximum Gasteiger partial charge on any atom is 0.00121 e. The van der Waals surface area contributed by atoms with E-state index in [-0.39, 0.29) is 0 Å². The van der Waals surface area contributed by atoms with Crippen molar-refractivity contribution in [2.75, 3.05) is 19.6 Å². The van der Waals surface area contributed by atoms with E-state index in [0.29, 0.717) is 5.41 Å². The van der Waals surface area contributed by atoms with E-state index in [1.807, 2.05) is 0 Å². The van der Waals surface area contributed by atoms with Crippen molar-refractivity contribution in [1.29, 1.82) is 0 Å². The normalized spacial score (nSPS) is 27.9. The van der Waals surface area contributed by atoms with Gasteiger partial charge in [0.15, 0.2) is 0 Å². The Morgan fingerprint density at radius 1 is 1.38 bits per heavy atom. The first kappa shape index (κ1) is 11.0. The van der Waals surface area contributed by atoms with Crippen molar-refractivity contribution >= 4 is 0 Å². The molecule has 1 nitrogen and oxygen atoms in total. The Kier molecular flexibility index (Phi) is 3.39. The smallest absolute Gasteiger partial charge is 0.00121 e. The molecule has 0 saturated carbocycles. The summed E-state index contributed by atoms with van der Waals surface area (Å²) in [4.78, 5) is 2.63. The third kappa shape index (κ3) is 3.30. The minimum atomic E-state index is 0.464. The molecule has 0 aromatic rings. The Morgan fingerprint density at radius 2 is 2.00 bits per heavy atom. The number of nitrogens with zero attached hydrogens (tertiary/aromatic N) is 1. The summed E-state index contributed by atoms with van der Waals surface area (Å²) in [6.07, 6.45) is 1.40. The third-order valence-electron chi connectivity index (χ3n) is 3.52. The number of rotatable bonds is 2. The Morgan fingerprint density at radius 3 is 2.38 bits per heavy atom. The van der Waals surface area contributed by atoms with Gasteiger partial charge in [0.25, 0.3) is 0 Å². The zero-order chi connectivity index (χ0) is 10.1. The first-order chi connectivity index (χ1) is 5.89. The fraction of sp³-hybridized carbons (Fsp3) is 1.00. The quantitative estimate of drug-likeness (QED) is 0.636. The fourth-order valence-corrected chi connectivity index (χ4v) is 1.85. The first-order valence-electron chi connectivity index (χ1n) is 5.62. The molecule has 1 fully saturated rings. The summed E-state index contributed by atoms with van der Waals surface area (Å²) in [6, 6.07) is 0. The van der Waals surface area contributed by atoms with Crippen molar-refractivity contribution in [3.05, 3.63) is 0 Å². The van der Waals surface area contributed by atoms with Gasteiger partial charge in [0.05, 0.1) is 0 Å². The second-order valence-corrected chi connectivity index (χ2v) is 5.92. The number of likely N-dealkylation sites (tertiary alicyclic amines) is 1. The van der Waals surface area contributed by atoms with Gasteiger partial charge in [-0.05, 0) is 30.2 Å². The molecular formula is C12H25N. The molecule has 0 radical (unpaired) electrons. The molecule has 0 aromatic heterocycles. The molecule has 0 spiro atoms. The van der Waals surface area contributed by atoms with Crippen LogP contribution < -0.4 is 0 Å². The molecular weight excluding hydrogens is 158 g/mol. The third-order valence-corrected chi connectivity index (χ3v) is 3.52. The van der Waals surface area contributed by atoms with Crippen LogP contribution in [0.3, 0.4) is 0 Å². The summed E-state index contributed by atoms with van der Waals surface area (Å²) in [5.41, 5.74) is 0.464. The lowest BCUT2D eigenvalue weighted by atomic mass is 9.82. The average Bonchev–Trinajstić information content (AvgIpc) is 2.33. The highest BCUT2D eigenvalue weighted by Gasteiger charge is 2.25. The molecule has 2 atom stereocenters. The second-order valence-electron chi connectivity index (χ2n) is 5.92. The Balaban J connectivity index is 2.33.